The van der Waals surface area contributed by atoms with Crippen LogP contribution in [0.1, 0.15) is 62.5 Å². The third kappa shape index (κ3) is 2.52. The van der Waals surface area contributed by atoms with E-state index in [1.807, 2.05) is 0 Å². The van der Waals surface area contributed by atoms with Gasteiger partial charge in [-0.1, -0.05) is 87.6 Å². The molecule has 1 aliphatic carbocycles. The first-order valence-electron chi connectivity index (χ1n) is 8.10. The Morgan fingerprint density at radius 3 is 1.85 bits per heavy atom. The highest BCUT2D eigenvalue weighted by atomic mass is 14.3. The Morgan fingerprint density at radius 1 is 0.700 bits per heavy atom. The monoisotopic (exact) mass is 264 g/mol. The highest BCUT2D eigenvalue weighted by Gasteiger charge is 2.26. The van der Waals surface area contributed by atoms with Crippen molar-refractivity contribution in [1.82, 2.24) is 0 Å². The minimum absolute atomic E-state index is 0.629. The number of rotatable bonds is 6. The van der Waals surface area contributed by atoms with Gasteiger partial charge < -0.3 is 0 Å². The molecule has 0 heterocycles. The molecule has 0 bridgehead atoms. The van der Waals surface area contributed by atoms with Gasteiger partial charge in [0.25, 0.3) is 0 Å². The van der Waals surface area contributed by atoms with Crippen LogP contribution in [0.25, 0.3) is 11.1 Å². The second kappa shape index (κ2) is 6.26. The first kappa shape index (κ1) is 13.4. The average Bonchev–Trinajstić information content (AvgIpc) is 2.82. The van der Waals surface area contributed by atoms with Crippen LogP contribution in [-0.2, 0) is 0 Å². The van der Waals surface area contributed by atoms with Gasteiger partial charge in [-0.15, -0.1) is 0 Å². The van der Waals surface area contributed by atoms with Gasteiger partial charge in [0.1, 0.15) is 0 Å². The summed E-state index contributed by atoms with van der Waals surface area (Å²) < 4.78 is 0. The van der Waals surface area contributed by atoms with Gasteiger partial charge in [-0.2, -0.15) is 0 Å². The Balaban J connectivity index is 1.77. The summed E-state index contributed by atoms with van der Waals surface area (Å²) in [5.74, 6) is 0.629. The first-order valence-corrected chi connectivity index (χ1v) is 8.10. The number of hydrogen-bond donors (Lipinski definition) is 0. The largest absolute Gasteiger partial charge is 0.0654 e. The van der Waals surface area contributed by atoms with Gasteiger partial charge in [0, 0.05) is 5.92 Å². The predicted molar refractivity (Wildman–Crippen MR) is 87.1 cm³/mol. The van der Waals surface area contributed by atoms with Gasteiger partial charge in [0.05, 0.1) is 0 Å². The molecule has 2 aromatic carbocycles. The fourth-order valence-electron chi connectivity index (χ4n) is 3.52. The first-order chi connectivity index (χ1) is 9.92. The molecule has 0 aliphatic heterocycles. The summed E-state index contributed by atoms with van der Waals surface area (Å²) >= 11 is 0. The van der Waals surface area contributed by atoms with Gasteiger partial charge in [0.2, 0.25) is 0 Å². The molecular formula is C20H24. The van der Waals surface area contributed by atoms with E-state index in [1.54, 1.807) is 11.1 Å². The van der Waals surface area contributed by atoms with E-state index in [-0.39, 0.29) is 0 Å². The van der Waals surface area contributed by atoms with E-state index in [4.69, 9.17) is 0 Å². The molecule has 2 aromatic rings. The highest BCUT2D eigenvalue weighted by molar-refractivity contribution is 5.78. The van der Waals surface area contributed by atoms with Crippen LogP contribution in [0.2, 0.25) is 0 Å². The lowest BCUT2D eigenvalue weighted by atomic mass is 9.91. The smallest absolute Gasteiger partial charge is 0.0102 e. The lowest BCUT2D eigenvalue weighted by molar-refractivity contribution is 0.584. The van der Waals surface area contributed by atoms with Gasteiger partial charge in [-0.05, 0) is 28.7 Å². The van der Waals surface area contributed by atoms with Crippen molar-refractivity contribution in [3.8, 4) is 11.1 Å². The van der Waals surface area contributed by atoms with E-state index in [0.717, 1.165) is 0 Å². The number of unbranched alkanes of at least 4 members (excludes halogenated alkanes) is 4. The lowest BCUT2D eigenvalue weighted by Crippen LogP contribution is -1.96. The maximum Gasteiger partial charge on any atom is 0.0102 e. The van der Waals surface area contributed by atoms with Crippen molar-refractivity contribution in [2.24, 2.45) is 0 Å². The van der Waals surface area contributed by atoms with Gasteiger partial charge in [-0.25, -0.2) is 0 Å². The van der Waals surface area contributed by atoms with Crippen LogP contribution < -0.4 is 0 Å². The van der Waals surface area contributed by atoms with Crippen LogP contribution in [0.3, 0.4) is 0 Å². The molecule has 0 heteroatoms. The Morgan fingerprint density at radius 2 is 1.25 bits per heavy atom. The summed E-state index contributed by atoms with van der Waals surface area (Å²) in [6.45, 7) is 2.28. The number of fused-ring (bicyclic) bond motifs is 3. The zero-order valence-corrected chi connectivity index (χ0v) is 12.4. The Hall–Kier alpha value is -1.56. The summed E-state index contributed by atoms with van der Waals surface area (Å²) in [6, 6.07) is 17.9. The highest BCUT2D eigenvalue weighted by Crippen LogP contribution is 2.46. The quantitative estimate of drug-likeness (QED) is 0.548. The maximum atomic E-state index is 2.33. The second-order valence-corrected chi connectivity index (χ2v) is 5.93. The second-order valence-electron chi connectivity index (χ2n) is 5.93. The molecule has 0 N–H and O–H groups in total. The van der Waals surface area contributed by atoms with E-state index in [1.165, 1.54) is 49.7 Å². The summed E-state index contributed by atoms with van der Waals surface area (Å²) in [5, 5.41) is 0. The van der Waals surface area contributed by atoms with Crippen LogP contribution in [0, 0.1) is 0 Å². The third-order valence-electron chi connectivity index (χ3n) is 4.56. The molecule has 0 saturated carbocycles. The Labute approximate surface area is 122 Å². The summed E-state index contributed by atoms with van der Waals surface area (Å²) in [7, 11) is 0. The molecule has 0 saturated heterocycles. The molecule has 0 spiro atoms. The molecule has 104 valence electrons. The molecular weight excluding hydrogens is 240 g/mol. The molecule has 3 rings (SSSR count). The number of benzene rings is 2. The van der Waals surface area contributed by atoms with Gasteiger partial charge >= 0.3 is 0 Å². The molecule has 0 atom stereocenters. The summed E-state index contributed by atoms with van der Waals surface area (Å²) in [6.07, 6.45) is 8.15. The normalized spacial score (nSPS) is 13.2. The van der Waals surface area contributed by atoms with Crippen molar-refractivity contribution < 1.29 is 0 Å². The number of hydrogen-bond acceptors (Lipinski definition) is 0. The van der Waals surface area contributed by atoms with Crippen molar-refractivity contribution in [2.45, 2.75) is 51.4 Å². The Kier molecular flexibility index (Phi) is 4.20. The summed E-state index contributed by atoms with van der Waals surface area (Å²) in [4.78, 5) is 0. The molecule has 20 heavy (non-hydrogen) atoms. The SMILES string of the molecule is CCCCCCCC1c2ccccc2-c2ccccc21. The minimum atomic E-state index is 0.629. The van der Waals surface area contributed by atoms with E-state index in [0.29, 0.717) is 5.92 Å². The predicted octanol–water partition coefficient (Wildman–Crippen LogP) is 6.16. The van der Waals surface area contributed by atoms with Crippen LogP contribution in [0.4, 0.5) is 0 Å². The zero-order valence-electron chi connectivity index (χ0n) is 12.4. The van der Waals surface area contributed by atoms with Gasteiger partial charge in [0.15, 0.2) is 0 Å². The van der Waals surface area contributed by atoms with Crippen molar-refractivity contribution in [3.05, 3.63) is 59.7 Å². The molecule has 0 amide bonds. The van der Waals surface area contributed by atoms with Crippen molar-refractivity contribution >= 4 is 0 Å². The van der Waals surface area contributed by atoms with Crippen molar-refractivity contribution in [2.75, 3.05) is 0 Å². The molecule has 0 nitrogen and oxygen atoms in total. The molecule has 1 aliphatic rings. The molecule has 0 fully saturated rings. The van der Waals surface area contributed by atoms with Crippen LogP contribution in [0.15, 0.2) is 48.5 Å². The minimum Gasteiger partial charge on any atom is -0.0654 e. The van der Waals surface area contributed by atoms with Gasteiger partial charge in [-0.3, -0.25) is 0 Å². The topological polar surface area (TPSA) is 0 Å². The zero-order chi connectivity index (χ0) is 13.8. The van der Waals surface area contributed by atoms with E-state index >= 15 is 0 Å². The fourth-order valence-corrected chi connectivity index (χ4v) is 3.52. The summed E-state index contributed by atoms with van der Waals surface area (Å²) in [5.41, 5.74) is 6.01. The maximum absolute atomic E-state index is 2.33. The Bertz CT molecular complexity index is 522. The standard InChI is InChI=1S/C20H24/c1-2-3-4-5-6-11-16-17-12-7-9-14-19(17)20-15-10-8-13-18(16)20/h7-10,12-16H,2-6,11H2,1H3. The van der Waals surface area contributed by atoms with E-state index in [2.05, 4.69) is 55.5 Å². The van der Waals surface area contributed by atoms with Crippen molar-refractivity contribution in [3.63, 3.8) is 0 Å². The molecule has 0 aromatic heterocycles. The lowest BCUT2D eigenvalue weighted by Gasteiger charge is -2.13. The fraction of sp³-hybridized carbons (Fsp3) is 0.400. The average molecular weight is 264 g/mol. The van der Waals surface area contributed by atoms with E-state index in [9.17, 15) is 0 Å². The van der Waals surface area contributed by atoms with Crippen LogP contribution in [-0.4, -0.2) is 0 Å². The van der Waals surface area contributed by atoms with E-state index < -0.39 is 0 Å². The molecule has 0 unspecified atom stereocenters. The third-order valence-corrected chi connectivity index (χ3v) is 4.56. The van der Waals surface area contributed by atoms with Crippen LogP contribution in [0.5, 0.6) is 0 Å². The van der Waals surface area contributed by atoms with Crippen molar-refractivity contribution in [1.29, 1.82) is 0 Å². The van der Waals surface area contributed by atoms with Crippen LogP contribution >= 0.6 is 0 Å². The molecule has 0 radical (unpaired) electrons.